The maximum absolute atomic E-state index is 4.14. The molecular weight excluding hydrogens is 118 g/mol. The Morgan fingerprint density at radius 1 is 1.62 bits per heavy atom. The number of hydrogen-bond acceptors (Lipinski definition) is 2. The molecule has 0 aliphatic carbocycles. The van der Waals surface area contributed by atoms with Crippen molar-refractivity contribution in [1.29, 1.82) is 0 Å². The van der Waals surface area contributed by atoms with Gasteiger partial charge in [-0.1, -0.05) is 5.57 Å². The summed E-state index contributed by atoms with van der Waals surface area (Å²) in [4.78, 5) is 3.30. The zero-order valence-electron chi connectivity index (χ0n) is 5.56. The lowest BCUT2D eigenvalue weighted by Gasteiger charge is -1.65. The van der Waals surface area contributed by atoms with Crippen molar-refractivity contribution < 1.29 is 0 Å². The largest absolute Gasteiger partial charge is 0.236 e. The van der Waals surface area contributed by atoms with Gasteiger partial charge in [0.15, 0.2) is 0 Å². The molecule has 0 saturated carbocycles. The van der Waals surface area contributed by atoms with Crippen LogP contribution in [0, 0.1) is 0 Å². The monoisotopic (exact) mass is 129 g/mol. The number of rotatable bonds is 0. The number of aliphatic imine (C=N–C) groups is 1. The Morgan fingerprint density at radius 3 is 1.75 bits per heavy atom. The highest BCUT2D eigenvalue weighted by atomic mass is 32.1. The van der Waals surface area contributed by atoms with Crippen molar-refractivity contribution >= 4 is 17.4 Å². The SMILES string of the molecule is C=C(C)C.CN=C=S. The van der Waals surface area contributed by atoms with Gasteiger partial charge in [0.25, 0.3) is 0 Å². The number of nitrogens with zero attached hydrogens (tertiary/aromatic N) is 1. The summed E-state index contributed by atoms with van der Waals surface area (Å²) in [7, 11) is 1.59. The molecule has 0 rings (SSSR count). The lowest BCUT2D eigenvalue weighted by atomic mass is 10.4. The van der Waals surface area contributed by atoms with Crippen LogP contribution in [0.1, 0.15) is 13.8 Å². The van der Waals surface area contributed by atoms with Crippen molar-refractivity contribution in [2.75, 3.05) is 7.05 Å². The minimum Gasteiger partial charge on any atom is -0.236 e. The molecule has 1 nitrogen and oxygen atoms in total. The Bertz CT molecular complexity index is 97.1. The lowest BCUT2D eigenvalue weighted by Crippen LogP contribution is -1.43. The fourth-order valence-electron chi connectivity index (χ4n) is 0. The third-order valence-electron chi connectivity index (χ3n) is 0.0913. The normalized spacial score (nSPS) is 5.38. The van der Waals surface area contributed by atoms with Crippen molar-refractivity contribution in [3.05, 3.63) is 12.2 Å². The molecule has 0 fully saturated rings. The first-order valence-electron chi connectivity index (χ1n) is 2.23. The third-order valence-corrected chi connectivity index (χ3v) is 0.274. The topological polar surface area (TPSA) is 12.4 Å². The average molecular weight is 129 g/mol. The van der Waals surface area contributed by atoms with Gasteiger partial charge in [0, 0.05) is 7.05 Å². The molecule has 8 heavy (non-hydrogen) atoms. The molecule has 0 saturated heterocycles. The molecule has 0 heterocycles. The number of allylic oxidation sites excluding steroid dienone is 1. The molecule has 0 bridgehead atoms. The summed E-state index contributed by atoms with van der Waals surface area (Å²) < 4.78 is 0. The van der Waals surface area contributed by atoms with E-state index in [2.05, 4.69) is 29.0 Å². The van der Waals surface area contributed by atoms with Crippen LogP contribution in [0.5, 0.6) is 0 Å². The van der Waals surface area contributed by atoms with Gasteiger partial charge in [-0.25, -0.2) is 4.99 Å². The Labute approximate surface area is 56.1 Å². The fraction of sp³-hybridized carbons (Fsp3) is 0.500. The summed E-state index contributed by atoms with van der Waals surface area (Å²) in [5.74, 6) is 0. The van der Waals surface area contributed by atoms with Crippen LogP contribution in [0.25, 0.3) is 0 Å². The summed E-state index contributed by atoms with van der Waals surface area (Å²) in [5, 5.41) is 2.14. The van der Waals surface area contributed by atoms with E-state index >= 15 is 0 Å². The van der Waals surface area contributed by atoms with Gasteiger partial charge < -0.3 is 0 Å². The molecule has 46 valence electrons. The molecule has 0 amide bonds. The second-order valence-corrected chi connectivity index (χ2v) is 1.70. The van der Waals surface area contributed by atoms with Gasteiger partial charge in [0.1, 0.15) is 0 Å². The molecule has 0 radical (unpaired) electrons. The molecule has 0 unspecified atom stereocenters. The average Bonchev–Trinajstić information content (AvgIpc) is 1.65. The van der Waals surface area contributed by atoms with Gasteiger partial charge in [0.2, 0.25) is 0 Å². The van der Waals surface area contributed by atoms with Gasteiger partial charge in [0.05, 0.1) is 5.16 Å². The predicted molar refractivity (Wildman–Crippen MR) is 41.4 cm³/mol. The summed E-state index contributed by atoms with van der Waals surface area (Å²) in [6.45, 7) is 7.50. The van der Waals surface area contributed by atoms with E-state index in [1.807, 2.05) is 13.8 Å². The maximum Gasteiger partial charge on any atom is 0.0582 e. The smallest absolute Gasteiger partial charge is 0.0582 e. The number of isothiocyanates is 1. The van der Waals surface area contributed by atoms with Crippen LogP contribution in [0.15, 0.2) is 17.1 Å². The van der Waals surface area contributed by atoms with Gasteiger partial charge in [-0.05, 0) is 26.1 Å². The zero-order valence-corrected chi connectivity index (χ0v) is 6.38. The fourth-order valence-corrected chi connectivity index (χ4v) is 0. The van der Waals surface area contributed by atoms with Crippen molar-refractivity contribution in [2.45, 2.75) is 13.8 Å². The predicted octanol–water partition coefficient (Wildman–Crippen LogP) is 2.30. The second-order valence-electron chi connectivity index (χ2n) is 1.52. The van der Waals surface area contributed by atoms with E-state index in [0.717, 1.165) is 0 Å². The van der Waals surface area contributed by atoms with Crippen LogP contribution in [0.3, 0.4) is 0 Å². The zero-order chi connectivity index (χ0) is 6.99. The van der Waals surface area contributed by atoms with Crippen molar-refractivity contribution in [3.8, 4) is 0 Å². The van der Waals surface area contributed by atoms with E-state index in [4.69, 9.17) is 0 Å². The summed E-state index contributed by atoms with van der Waals surface area (Å²) in [6, 6.07) is 0. The summed E-state index contributed by atoms with van der Waals surface area (Å²) >= 11 is 4.14. The Kier molecular flexibility index (Phi) is 12.8. The van der Waals surface area contributed by atoms with Crippen LogP contribution in [0.4, 0.5) is 0 Å². The van der Waals surface area contributed by atoms with E-state index < -0.39 is 0 Å². The molecule has 0 aromatic rings. The molecular formula is C6H11NS. The first-order valence-corrected chi connectivity index (χ1v) is 2.64. The lowest BCUT2D eigenvalue weighted by molar-refractivity contribution is 1.42. The molecule has 0 spiro atoms. The van der Waals surface area contributed by atoms with Crippen LogP contribution in [-0.4, -0.2) is 12.2 Å². The highest BCUT2D eigenvalue weighted by molar-refractivity contribution is 7.78. The van der Waals surface area contributed by atoms with Gasteiger partial charge >= 0.3 is 0 Å². The Morgan fingerprint density at radius 2 is 1.75 bits per heavy atom. The first-order chi connectivity index (χ1) is 3.65. The van der Waals surface area contributed by atoms with Gasteiger partial charge in [-0.2, -0.15) is 0 Å². The Hall–Kier alpha value is -0.460. The van der Waals surface area contributed by atoms with Crippen LogP contribution in [-0.2, 0) is 0 Å². The van der Waals surface area contributed by atoms with Crippen molar-refractivity contribution in [1.82, 2.24) is 0 Å². The first kappa shape index (κ1) is 10.5. The van der Waals surface area contributed by atoms with E-state index in [1.54, 1.807) is 7.05 Å². The number of hydrogen-bond donors (Lipinski definition) is 0. The second kappa shape index (κ2) is 9.74. The summed E-state index contributed by atoms with van der Waals surface area (Å²) in [6.07, 6.45) is 0. The quantitative estimate of drug-likeness (QED) is 0.278. The molecule has 0 atom stereocenters. The molecule has 2 heteroatoms. The van der Waals surface area contributed by atoms with Crippen molar-refractivity contribution in [3.63, 3.8) is 0 Å². The van der Waals surface area contributed by atoms with E-state index in [1.165, 1.54) is 5.57 Å². The summed E-state index contributed by atoms with van der Waals surface area (Å²) in [5.41, 5.74) is 1.17. The molecule has 0 aliphatic heterocycles. The highest BCUT2D eigenvalue weighted by Gasteiger charge is 1.51. The van der Waals surface area contributed by atoms with Crippen molar-refractivity contribution in [2.24, 2.45) is 4.99 Å². The Balaban J connectivity index is 0. The van der Waals surface area contributed by atoms with E-state index in [-0.39, 0.29) is 0 Å². The van der Waals surface area contributed by atoms with Gasteiger partial charge in [-0.3, -0.25) is 0 Å². The highest BCUT2D eigenvalue weighted by Crippen LogP contribution is 1.73. The van der Waals surface area contributed by atoms with Crippen LogP contribution in [0.2, 0.25) is 0 Å². The number of thiocarbonyl (C=S) groups is 1. The molecule has 0 N–H and O–H groups in total. The molecule has 0 aromatic heterocycles. The molecule has 0 aromatic carbocycles. The van der Waals surface area contributed by atoms with Crippen LogP contribution < -0.4 is 0 Å². The minimum atomic E-state index is 1.17. The van der Waals surface area contributed by atoms with Crippen LogP contribution >= 0.6 is 12.2 Å². The third kappa shape index (κ3) is 392. The van der Waals surface area contributed by atoms with E-state index in [9.17, 15) is 0 Å². The molecule has 0 aliphatic rings. The van der Waals surface area contributed by atoms with Gasteiger partial charge in [-0.15, -0.1) is 6.58 Å². The minimum absolute atomic E-state index is 1.17. The standard InChI is InChI=1S/C4H8.C2H3NS/c1-4(2)3;1-3-2-4/h1H2,2-3H3;1H3. The van der Waals surface area contributed by atoms with E-state index in [0.29, 0.717) is 0 Å². The maximum atomic E-state index is 4.14.